The first-order chi connectivity index (χ1) is 54.5. The van der Waals surface area contributed by atoms with Gasteiger partial charge in [0, 0.05) is 112 Å². The minimum atomic E-state index is -2.00. The number of nitrogens with zero attached hydrogens (tertiary/aromatic N) is 4. The van der Waals surface area contributed by atoms with Gasteiger partial charge in [-0.15, -0.1) is 11.6 Å². The van der Waals surface area contributed by atoms with Crippen molar-refractivity contribution in [2.45, 2.75) is 87.6 Å². The number of hydrogen-bond donors (Lipinski definition) is 20. The molecule has 114 heavy (non-hydrogen) atoms. The van der Waals surface area contributed by atoms with Crippen LogP contribution in [0.15, 0.2) is 114 Å². The Morgan fingerprint density at radius 3 is 1.93 bits per heavy atom. The summed E-state index contributed by atoms with van der Waals surface area (Å²) in [5.41, 5.74) is 15.0. The van der Waals surface area contributed by atoms with Crippen LogP contribution in [0.25, 0.3) is 43.7 Å². The minimum Gasteiger partial charge on any atom is -0.481 e. The highest BCUT2D eigenvalue weighted by atomic mass is 35.5. The number of benzene rings is 5. The van der Waals surface area contributed by atoms with Gasteiger partial charge in [0.25, 0.3) is 23.3 Å². The van der Waals surface area contributed by atoms with Crippen LogP contribution >= 0.6 is 33.2 Å². The standard InChI is InChI=1S/C72H75ClN20O19S2/c1-77-72(111)112-53-27-52-58(42-6-3-2-5-41(42)53)36(28-73)31-93(52)67(106)50-24-35-22-39(13-15-44(35)85-50)83-63(102)47-23-34-21-38(12-14-43(34)84-47)81-55(95)18-20-113-114-32-51(69(109)110)90-65(104)49(26-57(98)99)89-62(101)45(7-4-19-78-70(74)75)87-64(103)48(25-56(96)97)86-54(94)17-16-46(68(107)108)88-61(100)33-8-10-37(11-9-33)79-29-40-30-80-60-59(82-40)66(105)92-71(76)91-60/h2-3,5-6,8-15,21-24,27,30,36,45-46,48-49,51,79,84-85H,4,7,16-20,25-26,28-29,31-32H2,1H3,(H,77,111)(H,81,95)(H,83,102)(H,86,94)(H,87,103)(H,88,100)(H,89,101)(H,90,104)(H,96,97)(H,98,99)(H,107,108)(H,109,110)(H4,74,75,78)(H3,76,80,91,92,105)/t36?,45-,46-,48-,49-,51-/m0/s1. The van der Waals surface area contributed by atoms with Gasteiger partial charge in [-0.3, -0.25) is 63.1 Å². The summed E-state index contributed by atoms with van der Waals surface area (Å²) in [5.74, 6) is -14.0. The molecule has 0 fully saturated rings. The zero-order chi connectivity index (χ0) is 82.0. The van der Waals surface area contributed by atoms with Gasteiger partial charge in [0.05, 0.1) is 37.0 Å². The van der Waals surface area contributed by atoms with Gasteiger partial charge in [0.15, 0.2) is 17.1 Å². The van der Waals surface area contributed by atoms with E-state index in [1.165, 1.54) is 37.5 Å². The van der Waals surface area contributed by atoms with E-state index in [9.17, 15) is 87.5 Å². The maximum absolute atomic E-state index is 14.3. The number of aromatic nitrogens is 6. The fraction of sp³-hybridized carbons (Fsp3) is 0.278. The summed E-state index contributed by atoms with van der Waals surface area (Å²) in [6.07, 6.45) is -3.33. The number of carboxylic acid groups (broad SMARTS) is 4. The van der Waals surface area contributed by atoms with Crippen molar-refractivity contribution in [2.24, 2.45) is 5.73 Å². The SMILES string of the molecule is CNC(=O)Oc1cc2c(c3ccccc13)C(CCl)CN2C(=O)c1cc2cc(NC(=O)c3cc4cc(NC(=O)CCSSC[C@H](NC(=O)[C@H](CC(=O)O)NC(=O)[C@H](CCCNC(=N)N)NC(=O)[C@H](CC(=O)O)NC(=O)CC[C@H](NC(=O)c5ccc(NCc6cnc7nc(N)[nH]c(=O)c7n6)cc5)C(=O)O)C(=O)O)ccc4[nH]3)ccc2[nH]1. The number of alkyl halides is 1. The Morgan fingerprint density at radius 2 is 1.28 bits per heavy atom. The molecule has 0 saturated heterocycles. The maximum atomic E-state index is 14.3. The van der Waals surface area contributed by atoms with Gasteiger partial charge in [-0.1, -0.05) is 45.9 Å². The van der Waals surface area contributed by atoms with Crippen molar-refractivity contribution in [3.63, 3.8) is 0 Å². The molecular weight excluding hydrogens is 1550 g/mol. The molecule has 4 aromatic heterocycles. The Hall–Kier alpha value is -13.6. The second-order valence-electron chi connectivity index (χ2n) is 25.7. The van der Waals surface area contributed by atoms with Crippen LogP contribution in [0, 0.1) is 5.41 Å². The van der Waals surface area contributed by atoms with Crippen LogP contribution < -0.4 is 79.8 Å². The second kappa shape index (κ2) is 37.9. The van der Waals surface area contributed by atoms with E-state index in [1.54, 1.807) is 59.5 Å². The molecule has 9 amide bonds. The number of rotatable bonds is 37. The van der Waals surface area contributed by atoms with E-state index in [-0.39, 0.29) is 108 Å². The van der Waals surface area contributed by atoms with Crippen molar-refractivity contribution in [2.75, 3.05) is 64.1 Å². The van der Waals surface area contributed by atoms with Crippen molar-refractivity contribution in [1.82, 2.24) is 67.1 Å². The molecule has 1 aliphatic rings. The summed E-state index contributed by atoms with van der Waals surface area (Å²) in [6.45, 7) is 0.263. The molecule has 0 saturated carbocycles. The van der Waals surface area contributed by atoms with E-state index in [2.05, 4.69) is 83.1 Å². The van der Waals surface area contributed by atoms with Crippen LogP contribution in [-0.2, 0) is 49.7 Å². The number of nitrogens with two attached hydrogens (primary N) is 2. The lowest BCUT2D eigenvalue weighted by molar-refractivity contribution is -0.143. The number of carbonyl (C=O) groups excluding carboxylic acids is 9. The van der Waals surface area contributed by atoms with Crippen LogP contribution in [-0.4, -0.2) is 201 Å². The summed E-state index contributed by atoms with van der Waals surface area (Å²) in [5, 5.41) is 74.5. The molecule has 0 spiro atoms. The summed E-state index contributed by atoms with van der Waals surface area (Å²) >= 11 is 6.49. The minimum absolute atomic E-state index is 0.000476. The van der Waals surface area contributed by atoms with Gasteiger partial charge in [-0.2, -0.15) is 4.98 Å². The molecule has 1 aliphatic heterocycles. The van der Waals surface area contributed by atoms with Crippen LogP contribution in [0.2, 0.25) is 0 Å². The molecular formula is C72H75ClN20O19S2. The predicted molar refractivity (Wildman–Crippen MR) is 420 cm³/mol. The fourth-order valence-electron chi connectivity index (χ4n) is 12.1. The van der Waals surface area contributed by atoms with Gasteiger partial charge in [-0.05, 0) is 103 Å². The van der Waals surface area contributed by atoms with Crippen LogP contribution in [0.5, 0.6) is 5.75 Å². The first kappa shape index (κ1) is 82.9. The molecule has 10 rings (SSSR count). The Kier molecular flexibility index (Phi) is 27.6. The molecule has 0 aliphatic carbocycles. The second-order valence-corrected chi connectivity index (χ2v) is 28.7. The van der Waals surface area contributed by atoms with Crippen molar-refractivity contribution >= 4 is 189 Å². The van der Waals surface area contributed by atoms with Crippen molar-refractivity contribution in [3.8, 4) is 5.75 Å². The zero-order valence-electron chi connectivity index (χ0n) is 60.1. The van der Waals surface area contributed by atoms with E-state index in [0.717, 1.165) is 32.5 Å². The van der Waals surface area contributed by atoms with Crippen molar-refractivity contribution in [3.05, 3.63) is 148 Å². The van der Waals surface area contributed by atoms with Gasteiger partial charge < -0.3 is 105 Å². The quantitative estimate of drug-likeness (QED) is 0.00869. The highest BCUT2D eigenvalue weighted by molar-refractivity contribution is 8.76. The van der Waals surface area contributed by atoms with Crippen molar-refractivity contribution in [1.29, 1.82) is 5.41 Å². The van der Waals surface area contributed by atoms with Gasteiger partial charge in [0.1, 0.15) is 47.3 Å². The van der Waals surface area contributed by atoms with Crippen LogP contribution in [0.1, 0.15) is 93.5 Å². The molecule has 22 N–H and O–H groups in total. The molecule has 9 aromatic rings. The molecule has 39 nitrogen and oxygen atoms in total. The Labute approximate surface area is 656 Å². The number of guanidine groups is 1. The number of nitrogen functional groups attached to an aromatic ring is 1. The van der Waals surface area contributed by atoms with E-state index < -0.39 is 139 Å². The normalized spacial score (nSPS) is 13.6. The third kappa shape index (κ3) is 21.7. The number of H-pyrrole nitrogens is 3. The summed E-state index contributed by atoms with van der Waals surface area (Å²) < 4.78 is 5.62. The summed E-state index contributed by atoms with van der Waals surface area (Å²) in [4.78, 5) is 205. The number of hydrogen-bond acceptors (Lipinski definition) is 23. The highest BCUT2D eigenvalue weighted by Gasteiger charge is 2.38. The lowest BCUT2D eigenvalue weighted by atomic mass is 9.95. The number of ether oxygens (including phenoxy) is 1. The number of nitrogens with one attached hydrogen (secondary N) is 14. The third-order valence-corrected chi connectivity index (χ3v) is 20.4. The molecule has 42 heteroatoms. The zero-order valence-corrected chi connectivity index (χ0v) is 62.5. The van der Waals surface area contributed by atoms with Gasteiger partial charge in [-0.25, -0.2) is 24.4 Å². The first-order valence-corrected chi connectivity index (χ1v) is 37.8. The molecule has 0 radical (unpaired) electrons. The molecule has 1 unspecified atom stereocenters. The topological polar surface area (TPSA) is 615 Å². The van der Waals surface area contributed by atoms with Crippen molar-refractivity contribution < 1.29 is 87.5 Å². The van der Waals surface area contributed by atoms with E-state index >= 15 is 0 Å². The number of halogens is 1. The van der Waals surface area contributed by atoms with E-state index in [4.69, 9.17) is 33.2 Å². The van der Waals surface area contributed by atoms with Gasteiger partial charge >= 0.3 is 30.0 Å². The number of carboxylic acids is 4. The number of aromatic amines is 3. The number of carbonyl (C=O) groups is 13. The molecule has 596 valence electrons. The lowest BCUT2D eigenvalue weighted by Crippen LogP contribution is -2.58. The number of amides is 9. The lowest BCUT2D eigenvalue weighted by Gasteiger charge is -2.25. The highest BCUT2D eigenvalue weighted by Crippen LogP contribution is 2.46. The average molecular weight is 1620 g/mol. The van der Waals surface area contributed by atoms with Crippen LogP contribution in [0.4, 0.5) is 33.5 Å². The molecule has 5 aromatic carbocycles. The first-order valence-electron chi connectivity index (χ1n) is 34.8. The fourth-order valence-corrected chi connectivity index (χ4v) is 14.5. The van der Waals surface area contributed by atoms with Gasteiger partial charge in [0.2, 0.25) is 35.5 Å². The average Bonchev–Trinajstić information content (AvgIpc) is 1.58. The van der Waals surface area contributed by atoms with E-state index in [1.807, 2.05) is 24.3 Å². The Bertz CT molecular complexity index is 5340. The molecule has 6 atom stereocenters. The summed E-state index contributed by atoms with van der Waals surface area (Å²) in [7, 11) is 3.44. The van der Waals surface area contributed by atoms with Crippen LogP contribution in [0.3, 0.4) is 0 Å². The number of fused-ring (bicyclic) bond motifs is 6. The third-order valence-electron chi connectivity index (χ3n) is 17.6. The monoisotopic (exact) mass is 1620 g/mol. The molecule has 5 heterocycles. The summed E-state index contributed by atoms with van der Waals surface area (Å²) in [6, 6.07) is 18.9. The Morgan fingerprint density at radius 1 is 0.667 bits per heavy atom. The Balaban J connectivity index is 0.679. The smallest absolute Gasteiger partial charge is 0.412 e. The number of aliphatic carboxylic acids is 4. The largest absolute Gasteiger partial charge is 0.481 e. The maximum Gasteiger partial charge on any atom is 0.412 e. The molecule has 0 bridgehead atoms. The van der Waals surface area contributed by atoms with E-state index in [0.29, 0.717) is 55.6 Å². The predicted octanol–water partition coefficient (Wildman–Crippen LogP) is 3.59. The number of anilines is 5.